The molecule has 76 valence electrons. The fraction of sp³-hybridized carbons (Fsp3) is 0.778. The van der Waals surface area contributed by atoms with Gasteiger partial charge in [-0.2, -0.15) is 13.2 Å². The number of rotatable bonds is 1. The number of halogens is 3. The first kappa shape index (κ1) is 10.6. The topological polar surface area (TPSA) is 20.2 Å². The molecule has 1 nitrogen and oxygen atoms in total. The van der Waals surface area contributed by atoms with Crippen molar-refractivity contribution < 1.29 is 18.3 Å². The zero-order valence-corrected chi connectivity index (χ0v) is 7.27. The number of alkyl halides is 3. The molecule has 0 bridgehead atoms. The summed E-state index contributed by atoms with van der Waals surface area (Å²) in [7, 11) is 0. The van der Waals surface area contributed by atoms with Gasteiger partial charge in [0.15, 0.2) is 6.10 Å². The van der Waals surface area contributed by atoms with Crippen LogP contribution >= 0.6 is 0 Å². The summed E-state index contributed by atoms with van der Waals surface area (Å²) in [5, 5.41) is 9.00. The van der Waals surface area contributed by atoms with Crippen molar-refractivity contribution in [1.82, 2.24) is 0 Å². The van der Waals surface area contributed by atoms with Crippen LogP contribution in [0, 0.1) is 5.92 Å². The minimum atomic E-state index is -4.51. The average Bonchev–Trinajstić information content (AvgIpc) is 2.02. The van der Waals surface area contributed by atoms with Crippen LogP contribution in [0.3, 0.4) is 0 Å². The molecule has 0 heterocycles. The van der Waals surface area contributed by atoms with Crippen LogP contribution in [0.2, 0.25) is 0 Å². The van der Waals surface area contributed by atoms with E-state index in [9.17, 15) is 13.2 Å². The maximum Gasteiger partial charge on any atom is 0.414 e. The Morgan fingerprint density at radius 1 is 1.38 bits per heavy atom. The van der Waals surface area contributed by atoms with Gasteiger partial charge in [0, 0.05) is 5.92 Å². The van der Waals surface area contributed by atoms with Gasteiger partial charge < -0.3 is 5.11 Å². The van der Waals surface area contributed by atoms with E-state index in [0.717, 1.165) is 12.8 Å². The van der Waals surface area contributed by atoms with Gasteiger partial charge >= 0.3 is 6.18 Å². The second-order valence-electron chi connectivity index (χ2n) is 3.50. The van der Waals surface area contributed by atoms with Crippen molar-refractivity contribution in [1.29, 1.82) is 0 Å². The summed E-state index contributed by atoms with van der Waals surface area (Å²) < 4.78 is 36.3. The highest BCUT2D eigenvalue weighted by Gasteiger charge is 2.44. The molecule has 1 aliphatic carbocycles. The molecule has 0 aromatic rings. The number of hydrogen-bond acceptors (Lipinski definition) is 1. The van der Waals surface area contributed by atoms with E-state index in [1.54, 1.807) is 0 Å². The second kappa shape index (κ2) is 3.70. The summed E-state index contributed by atoms with van der Waals surface area (Å²) in [4.78, 5) is 0. The molecular formula is C9H13F3O. The van der Waals surface area contributed by atoms with Crippen molar-refractivity contribution in [2.75, 3.05) is 0 Å². The van der Waals surface area contributed by atoms with Gasteiger partial charge in [-0.15, -0.1) is 0 Å². The third-order valence-electron chi connectivity index (χ3n) is 2.50. The average molecular weight is 194 g/mol. The molecule has 13 heavy (non-hydrogen) atoms. The Kier molecular flexibility index (Phi) is 3.01. The van der Waals surface area contributed by atoms with Crippen molar-refractivity contribution >= 4 is 0 Å². The van der Waals surface area contributed by atoms with Crippen LogP contribution in [-0.4, -0.2) is 17.4 Å². The first-order chi connectivity index (χ1) is 5.93. The van der Waals surface area contributed by atoms with E-state index in [0.29, 0.717) is 18.4 Å². The van der Waals surface area contributed by atoms with Crippen molar-refractivity contribution in [3.63, 3.8) is 0 Å². The molecule has 1 N–H and O–H groups in total. The monoisotopic (exact) mass is 194 g/mol. The fourth-order valence-corrected chi connectivity index (χ4v) is 1.72. The van der Waals surface area contributed by atoms with Crippen LogP contribution < -0.4 is 0 Å². The molecule has 1 saturated carbocycles. The standard InChI is InChI=1S/C9H13F3O/c1-6-4-2-3-5-7(6)8(13)9(10,11)12/h7-8,13H,1-5H2. The van der Waals surface area contributed by atoms with Gasteiger partial charge in [-0.05, 0) is 19.3 Å². The number of aliphatic hydroxyl groups is 1. The highest BCUT2D eigenvalue weighted by Crippen LogP contribution is 2.36. The summed E-state index contributed by atoms with van der Waals surface area (Å²) in [6.07, 6.45) is -4.08. The van der Waals surface area contributed by atoms with E-state index in [-0.39, 0.29) is 0 Å². The molecule has 0 aromatic heterocycles. The summed E-state index contributed by atoms with van der Waals surface area (Å²) in [6.45, 7) is 3.57. The Morgan fingerprint density at radius 2 is 2.00 bits per heavy atom. The summed E-state index contributed by atoms with van der Waals surface area (Å²) in [5.74, 6) is -0.784. The highest BCUT2D eigenvalue weighted by atomic mass is 19.4. The van der Waals surface area contributed by atoms with Crippen molar-refractivity contribution in [3.8, 4) is 0 Å². The summed E-state index contributed by atoms with van der Waals surface area (Å²) >= 11 is 0. The molecule has 1 fully saturated rings. The third-order valence-corrected chi connectivity index (χ3v) is 2.50. The van der Waals surface area contributed by atoms with Crippen molar-refractivity contribution in [2.24, 2.45) is 5.92 Å². The molecule has 0 amide bonds. The number of aliphatic hydroxyl groups excluding tert-OH is 1. The second-order valence-corrected chi connectivity index (χ2v) is 3.50. The maximum atomic E-state index is 12.1. The summed E-state index contributed by atoms with van der Waals surface area (Å²) in [5.41, 5.74) is 0.538. The maximum absolute atomic E-state index is 12.1. The third kappa shape index (κ3) is 2.46. The van der Waals surface area contributed by atoms with Crippen LogP contribution in [-0.2, 0) is 0 Å². The Hall–Kier alpha value is -0.510. The molecule has 1 rings (SSSR count). The molecule has 0 aromatic carbocycles. The van der Waals surface area contributed by atoms with Crippen LogP contribution in [0.25, 0.3) is 0 Å². The Balaban J connectivity index is 2.64. The van der Waals surface area contributed by atoms with Gasteiger partial charge in [-0.25, -0.2) is 0 Å². The van der Waals surface area contributed by atoms with Crippen molar-refractivity contribution in [2.45, 2.75) is 38.0 Å². The van der Waals surface area contributed by atoms with E-state index in [1.807, 2.05) is 0 Å². The lowest BCUT2D eigenvalue weighted by Crippen LogP contribution is -2.37. The van der Waals surface area contributed by atoms with Gasteiger partial charge in [0.25, 0.3) is 0 Å². The first-order valence-corrected chi connectivity index (χ1v) is 4.35. The zero-order valence-electron chi connectivity index (χ0n) is 7.27. The summed E-state index contributed by atoms with van der Waals surface area (Å²) in [6, 6.07) is 0. The van der Waals surface area contributed by atoms with E-state index >= 15 is 0 Å². The molecule has 0 aliphatic heterocycles. The minimum absolute atomic E-state index is 0.402. The Morgan fingerprint density at radius 3 is 2.46 bits per heavy atom. The SMILES string of the molecule is C=C1CCCCC1C(O)C(F)(F)F. The Labute approximate surface area is 75.3 Å². The Bertz CT molecular complexity index is 198. The normalized spacial score (nSPS) is 27.4. The van der Waals surface area contributed by atoms with Gasteiger partial charge in [0.05, 0.1) is 0 Å². The van der Waals surface area contributed by atoms with E-state index < -0.39 is 18.2 Å². The van der Waals surface area contributed by atoms with E-state index in [2.05, 4.69) is 6.58 Å². The number of hydrogen-bond donors (Lipinski definition) is 1. The van der Waals surface area contributed by atoms with Gasteiger partial charge in [-0.1, -0.05) is 18.6 Å². The highest BCUT2D eigenvalue weighted by molar-refractivity contribution is 5.07. The van der Waals surface area contributed by atoms with Gasteiger partial charge in [0.1, 0.15) is 0 Å². The predicted octanol–water partition coefficient (Wildman–Crippen LogP) is 2.66. The minimum Gasteiger partial charge on any atom is -0.383 e. The molecule has 2 unspecified atom stereocenters. The first-order valence-electron chi connectivity index (χ1n) is 4.35. The largest absolute Gasteiger partial charge is 0.414 e. The van der Waals surface area contributed by atoms with Crippen LogP contribution in [0.4, 0.5) is 13.2 Å². The molecule has 1 aliphatic rings. The lowest BCUT2D eigenvalue weighted by molar-refractivity contribution is -0.217. The zero-order chi connectivity index (χ0) is 10.1. The molecule has 4 heteroatoms. The lowest BCUT2D eigenvalue weighted by atomic mass is 9.81. The molecule has 2 atom stereocenters. The van der Waals surface area contributed by atoms with Gasteiger partial charge in [0.2, 0.25) is 0 Å². The lowest BCUT2D eigenvalue weighted by Gasteiger charge is -2.29. The van der Waals surface area contributed by atoms with E-state index in [4.69, 9.17) is 5.11 Å². The van der Waals surface area contributed by atoms with Crippen LogP contribution in [0.15, 0.2) is 12.2 Å². The van der Waals surface area contributed by atoms with Gasteiger partial charge in [-0.3, -0.25) is 0 Å². The van der Waals surface area contributed by atoms with Crippen LogP contribution in [0.1, 0.15) is 25.7 Å². The molecular weight excluding hydrogens is 181 g/mol. The van der Waals surface area contributed by atoms with Crippen molar-refractivity contribution in [3.05, 3.63) is 12.2 Å². The predicted molar refractivity (Wildman–Crippen MR) is 43.2 cm³/mol. The molecule has 0 saturated heterocycles. The molecule has 0 radical (unpaired) electrons. The smallest absolute Gasteiger partial charge is 0.383 e. The fourth-order valence-electron chi connectivity index (χ4n) is 1.72. The van der Waals surface area contributed by atoms with E-state index in [1.165, 1.54) is 0 Å². The molecule has 0 spiro atoms. The quantitative estimate of drug-likeness (QED) is 0.636. The van der Waals surface area contributed by atoms with Crippen LogP contribution in [0.5, 0.6) is 0 Å².